The van der Waals surface area contributed by atoms with Gasteiger partial charge in [0.15, 0.2) is 0 Å². The lowest BCUT2D eigenvalue weighted by molar-refractivity contribution is 0.285. The van der Waals surface area contributed by atoms with Crippen molar-refractivity contribution in [3.63, 3.8) is 0 Å². The van der Waals surface area contributed by atoms with E-state index in [1.807, 2.05) is 37.3 Å². The molecule has 6 aromatic rings. The van der Waals surface area contributed by atoms with Crippen LogP contribution in [0.1, 0.15) is 18.6 Å². The summed E-state index contributed by atoms with van der Waals surface area (Å²) < 4.78 is 19.1. The Balaban J connectivity index is 1.70. The van der Waals surface area contributed by atoms with Gasteiger partial charge < -0.3 is 8.39 Å². The quantitative estimate of drug-likeness (QED) is 0.278. The zero-order valence-corrected chi connectivity index (χ0v) is 18.5. The van der Waals surface area contributed by atoms with Crippen LogP contribution in [-0.2, 0) is 0 Å². The zero-order chi connectivity index (χ0) is 21.5. The van der Waals surface area contributed by atoms with Crippen LogP contribution in [0.2, 0.25) is 0 Å². The van der Waals surface area contributed by atoms with Crippen molar-refractivity contribution in [2.75, 3.05) is 0 Å². The van der Waals surface area contributed by atoms with E-state index >= 15 is 0 Å². The molecule has 4 heteroatoms. The lowest BCUT2D eigenvalue weighted by Crippen LogP contribution is -1.99. The van der Waals surface area contributed by atoms with Gasteiger partial charge in [0.2, 0.25) is 0 Å². The monoisotopic (exact) mass is 436 g/mol. The van der Waals surface area contributed by atoms with Crippen molar-refractivity contribution in [3.05, 3.63) is 109 Å². The Morgan fingerprint density at radius 1 is 0.594 bits per heavy atom. The Bertz CT molecular complexity index is 1520. The summed E-state index contributed by atoms with van der Waals surface area (Å²) in [5.41, 5.74) is 2.65. The summed E-state index contributed by atoms with van der Waals surface area (Å²) in [6, 6.07) is 35.2. The fraction of sp³-hybridized carbons (Fsp3) is 0.0714. The number of hydrogen-bond donors (Lipinski definition) is 0. The molecule has 156 valence electrons. The summed E-state index contributed by atoms with van der Waals surface area (Å²) in [6.07, 6.45) is -0.159. The van der Waals surface area contributed by atoms with Gasteiger partial charge in [-0.15, -0.1) is 0 Å². The third kappa shape index (κ3) is 3.27. The maximum absolute atomic E-state index is 6.41. The summed E-state index contributed by atoms with van der Waals surface area (Å²) in [5.74, 6) is 0. The van der Waals surface area contributed by atoms with Gasteiger partial charge in [0, 0.05) is 10.8 Å². The molecule has 0 saturated carbocycles. The van der Waals surface area contributed by atoms with Gasteiger partial charge in [0.05, 0.1) is 6.10 Å². The Hall–Kier alpha value is -3.52. The molecule has 0 N–H and O–H groups in total. The molecule has 1 atom stereocenters. The molecule has 1 aromatic heterocycles. The van der Waals surface area contributed by atoms with Gasteiger partial charge >= 0.3 is 8.24 Å². The predicted octanol–water partition coefficient (Wildman–Crippen LogP) is 8.79. The van der Waals surface area contributed by atoms with Crippen LogP contribution in [0.5, 0.6) is 0 Å². The summed E-state index contributed by atoms with van der Waals surface area (Å²) in [6.45, 7) is 2.03. The lowest BCUT2D eigenvalue weighted by Gasteiger charge is -2.10. The van der Waals surface area contributed by atoms with Crippen LogP contribution < -0.4 is 4.52 Å². The van der Waals surface area contributed by atoms with E-state index in [0.717, 1.165) is 38.3 Å². The summed E-state index contributed by atoms with van der Waals surface area (Å²) in [5, 5.41) is 6.71. The largest absolute Gasteiger partial charge is 0.399 e. The van der Waals surface area contributed by atoms with Crippen molar-refractivity contribution in [2.24, 2.45) is 0 Å². The molecule has 3 nitrogen and oxygen atoms in total. The third-order valence-electron chi connectivity index (χ3n) is 5.89. The van der Waals surface area contributed by atoms with Crippen LogP contribution in [-0.4, -0.2) is 0 Å². The number of rotatable bonds is 3. The Morgan fingerprint density at radius 3 is 1.66 bits per heavy atom. The fourth-order valence-corrected chi connectivity index (χ4v) is 5.44. The first-order valence-corrected chi connectivity index (χ1v) is 11.8. The standard InChI is InChI=1S/C28H21O3P/c1-19(20-9-3-2-4-10-20)29-32-30-25-17-15-21-11-5-7-13-23(21)27(25)28-24-14-8-6-12-22(24)16-18-26(28)31-32/h2-19H,1H3/t19-/m1/s1. The molecule has 6 rings (SSSR count). The normalized spacial score (nSPS) is 12.5. The highest BCUT2D eigenvalue weighted by Crippen LogP contribution is 2.41. The molecule has 0 bridgehead atoms. The van der Waals surface area contributed by atoms with Crippen molar-refractivity contribution in [1.29, 1.82) is 0 Å². The van der Waals surface area contributed by atoms with Crippen molar-refractivity contribution >= 4 is 51.7 Å². The molecule has 0 radical (unpaired) electrons. The third-order valence-corrected chi connectivity index (χ3v) is 7.07. The van der Waals surface area contributed by atoms with Crippen LogP contribution in [0.4, 0.5) is 0 Å². The highest BCUT2D eigenvalue weighted by atomic mass is 31.1. The molecule has 1 heterocycles. The molecular formula is C28H21O3P. The van der Waals surface area contributed by atoms with Gasteiger partial charge in [-0.2, -0.15) is 0 Å². The van der Waals surface area contributed by atoms with Gasteiger partial charge in [-0.05, 0) is 46.2 Å². The minimum absolute atomic E-state index is 0.159. The van der Waals surface area contributed by atoms with E-state index in [2.05, 4.69) is 72.8 Å². The lowest BCUT2D eigenvalue weighted by atomic mass is 9.99. The molecule has 0 aliphatic rings. The number of hydrogen-bond acceptors (Lipinski definition) is 3. The SMILES string of the molecule is C[C@@H](Op1oc2ccc3ccccc3c2c2c(ccc3ccccc32)o1)c1ccccc1. The summed E-state index contributed by atoms with van der Waals surface area (Å²) in [4.78, 5) is 0. The molecule has 0 saturated heterocycles. The minimum Gasteiger partial charge on any atom is -0.399 e. The van der Waals surface area contributed by atoms with E-state index in [1.165, 1.54) is 10.8 Å². The first-order chi connectivity index (χ1) is 15.8. The summed E-state index contributed by atoms with van der Waals surface area (Å²) >= 11 is 0. The van der Waals surface area contributed by atoms with E-state index < -0.39 is 8.24 Å². The van der Waals surface area contributed by atoms with Crippen LogP contribution in [0.25, 0.3) is 43.5 Å². The molecule has 5 aromatic carbocycles. The van der Waals surface area contributed by atoms with Gasteiger partial charge in [-0.25, -0.2) is 0 Å². The molecule has 0 fully saturated rings. The minimum atomic E-state index is -1.65. The highest BCUT2D eigenvalue weighted by Gasteiger charge is 2.15. The molecule has 0 aliphatic carbocycles. The van der Waals surface area contributed by atoms with Crippen LogP contribution >= 0.6 is 8.24 Å². The van der Waals surface area contributed by atoms with E-state index in [4.69, 9.17) is 12.9 Å². The average Bonchev–Trinajstić information content (AvgIpc) is 3.01. The zero-order valence-electron chi connectivity index (χ0n) is 17.6. The Kier molecular flexibility index (Phi) is 4.72. The molecule has 0 unspecified atom stereocenters. The second-order valence-electron chi connectivity index (χ2n) is 7.88. The van der Waals surface area contributed by atoms with E-state index in [-0.39, 0.29) is 6.10 Å². The van der Waals surface area contributed by atoms with Crippen molar-refractivity contribution < 1.29 is 12.9 Å². The molecule has 0 spiro atoms. The number of benzene rings is 5. The molecule has 0 aliphatic heterocycles. The van der Waals surface area contributed by atoms with Crippen molar-refractivity contribution in [2.45, 2.75) is 13.0 Å². The maximum Gasteiger partial charge on any atom is 0.388 e. The first-order valence-electron chi connectivity index (χ1n) is 10.7. The van der Waals surface area contributed by atoms with Gasteiger partial charge in [0.1, 0.15) is 11.2 Å². The highest BCUT2D eigenvalue weighted by molar-refractivity contribution is 7.31. The van der Waals surface area contributed by atoms with Crippen LogP contribution in [0.15, 0.2) is 112 Å². The Labute approximate surface area is 186 Å². The van der Waals surface area contributed by atoms with E-state index in [0.29, 0.717) is 0 Å². The van der Waals surface area contributed by atoms with Crippen molar-refractivity contribution in [1.82, 2.24) is 0 Å². The summed E-state index contributed by atoms with van der Waals surface area (Å²) in [7, 11) is -1.65. The molecule has 0 amide bonds. The fourth-order valence-electron chi connectivity index (χ4n) is 4.31. The topological polar surface area (TPSA) is 35.5 Å². The maximum atomic E-state index is 6.41. The van der Waals surface area contributed by atoms with Gasteiger partial charge in [-0.1, -0.05) is 91.0 Å². The van der Waals surface area contributed by atoms with Crippen molar-refractivity contribution in [3.8, 4) is 0 Å². The molecular weight excluding hydrogens is 415 g/mol. The molecule has 32 heavy (non-hydrogen) atoms. The Morgan fingerprint density at radius 2 is 1.09 bits per heavy atom. The van der Waals surface area contributed by atoms with E-state index in [9.17, 15) is 0 Å². The second-order valence-corrected chi connectivity index (χ2v) is 8.91. The second kappa shape index (κ2) is 7.87. The van der Waals surface area contributed by atoms with Gasteiger partial charge in [0.25, 0.3) is 0 Å². The number of fused-ring (bicyclic) bond motifs is 7. The predicted molar refractivity (Wildman–Crippen MR) is 133 cm³/mol. The van der Waals surface area contributed by atoms with E-state index in [1.54, 1.807) is 0 Å². The van der Waals surface area contributed by atoms with Crippen LogP contribution in [0.3, 0.4) is 0 Å². The van der Waals surface area contributed by atoms with Gasteiger partial charge in [-0.3, -0.25) is 4.52 Å². The van der Waals surface area contributed by atoms with Crippen LogP contribution in [0, 0.1) is 0 Å². The average molecular weight is 436 g/mol. The first kappa shape index (κ1) is 19.2. The smallest absolute Gasteiger partial charge is 0.388 e.